The van der Waals surface area contributed by atoms with Crippen LogP contribution in [-0.2, 0) is 14.9 Å². The molecule has 0 amide bonds. The number of nitrogens with one attached hydrogen (secondary N) is 1. The molecule has 1 aliphatic heterocycles. The van der Waals surface area contributed by atoms with Crippen LogP contribution in [0.2, 0.25) is 0 Å². The van der Waals surface area contributed by atoms with Gasteiger partial charge < -0.3 is 4.74 Å². The van der Waals surface area contributed by atoms with Gasteiger partial charge in [0.25, 0.3) is 10.2 Å². The summed E-state index contributed by atoms with van der Waals surface area (Å²) in [4.78, 5) is 0. The third-order valence-electron chi connectivity index (χ3n) is 2.39. The lowest BCUT2D eigenvalue weighted by Crippen LogP contribution is -2.50. The molecule has 1 unspecified atom stereocenters. The number of nitrogens with zero attached hydrogens (tertiary/aromatic N) is 2. The predicted molar refractivity (Wildman–Crippen MR) is 58.7 cm³/mol. The normalized spacial score (nSPS) is 20.6. The SMILES string of the molecule is CC(C)C(C#N)NS(=O)(=O)N1CCOCC1. The summed E-state index contributed by atoms with van der Waals surface area (Å²) < 4.78 is 32.5. The Morgan fingerprint density at radius 3 is 2.38 bits per heavy atom. The Labute approximate surface area is 96.4 Å². The quantitative estimate of drug-likeness (QED) is 0.739. The lowest BCUT2D eigenvalue weighted by atomic mass is 10.1. The molecule has 0 radical (unpaired) electrons. The zero-order valence-electron chi connectivity index (χ0n) is 9.51. The lowest BCUT2D eigenvalue weighted by Gasteiger charge is -2.27. The number of hydrogen-bond acceptors (Lipinski definition) is 4. The molecule has 6 nitrogen and oxygen atoms in total. The van der Waals surface area contributed by atoms with E-state index in [1.54, 1.807) is 13.8 Å². The van der Waals surface area contributed by atoms with Crippen LogP contribution in [0.15, 0.2) is 0 Å². The highest BCUT2D eigenvalue weighted by molar-refractivity contribution is 7.87. The molecule has 1 rings (SSSR count). The van der Waals surface area contributed by atoms with Crippen molar-refractivity contribution in [2.24, 2.45) is 5.92 Å². The van der Waals surface area contributed by atoms with Gasteiger partial charge in [0.1, 0.15) is 6.04 Å². The Morgan fingerprint density at radius 1 is 1.38 bits per heavy atom. The first kappa shape index (κ1) is 13.4. The fourth-order valence-electron chi connectivity index (χ4n) is 1.33. The third-order valence-corrected chi connectivity index (χ3v) is 3.99. The second kappa shape index (κ2) is 5.59. The van der Waals surface area contributed by atoms with Gasteiger partial charge in [0.05, 0.1) is 19.3 Å². The van der Waals surface area contributed by atoms with E-state index in [0.717, 1.165) is 0 Å². The van der Waals surface area contributed by atoms with Crippen molar-refractivity contribution in [3.8, 4) is 6.07 Å². The molecule has 0 saturated carbocycles. The Bertz CT molecular complexity index is 355. The van der Waals surface area contributed by atoms with Crippen molar-refractivity contribution in [1.29, 1.82) is 5.26 Å². The molecule has 92 valence electrons. The number of morpholine rings is 1. The molecule has 0 aromatic carbocycles. The maximum absolute atomic E-state index is 11.9. The van der Waals surface area contributed by atoms with Crippen molar-refractivity contribution in [3.05, 3.63) is 0 Å². The Hall–Kier alpha value is -0.680. The van der Waals surface area contributed by atoms with Gasteiger partial charge in [-0.1, -0.05) is 13.8 Å². The molecule has 0 aromatic rings. The van der Waals surface area contributed by atoms with E-state index in [1.165, 1.54) is 4.31 Å². The largest absolute Gasteiger partial charge is 0.379 e. The predicted octanol–water partition coefficient (Wildman–Crippen LogP) is -0.299. The summed E-state index contributed by atoms with van der Waals surface area (Å²) in [5.41, 5.74) is 0. The fourth-order valence-corrected chi connectivity index (χ4v) is 2.76. The van der Waals surface area contributed by atoms with Crippen molar-refractivity contribution in [1.82, 2.24) is 9.03 Å². The topological polar surface area (TPSA) is 82.4 Å². The van der Waals surface area contributed by atoms with Crippen LogP contribution >= 0.6 is 0 Å². The van der Waals surface area contributed by atoms with Gasteiger partial charge in [-0.3, -0.25) is 0 Å². The lowest BCUT2D eigenvalue weighted by molar-refractivity contribution is 0.0723. The first-order valence-electron chi connectivity index (χ1n) is 5.22. The van der Waals surface area contributed by atoms with E-state index >= 15 is 0 Å². The Balaban J connectivity index is 2.67. The van der Waals surface area contributed by atoms with Crippen LogP contribution < -0.4 is 4.72 Å². The summed E-state index contributed by atoms with van der Waals surface area (Å²) in [6, 6.07) is 1.26. The molecule has 0 aliphatic carbocycles. The molecule has 1 atom stereocenters. The van der Waals surface area contributed by atoms with Crippen LogP contribution in [0.3, 0.4) is 0 Å². The molecule has 0 spiro atoms. The molecule has 0 bridgehead atoms. The van der Waals surface area contributed by atoms with E-state index in [2.05, 4.69) is 4.72 Å². The summed E-state index contributed by atoms with van der Waals surface area (Å²) in [5, 5.41) is 8.84. The van der Waals surface area contributed by atoms with Gasteiger partial charge in [-0.25, -0.2) is 0 Å². The van der Waals surface area contributed by atoms with Crippen molar-refractivity contribution < 1.29 is 13.2 Å². The van der Waals surface area contributed by atoms with Gasteiger partial charge >= 0.3 is 0 Å². The summed E-state index contributed by atoms with van der Waals surface area (Å²) in [7, 11) is -3.56. The monoisotopic (exact) mass is 247 g/mol. The molecule has 1 heterocycles. The Morgan fingerprint density at radius 2 is 1.94 bits per heavy atom. The minimum Gasteiger partial charge on any atom is -0.379 e. The van der Waals surface area contributed by atoms with E-state index in [0.29, 0.717) is 26.3 Å². The van der Waals surface area contributed by atoms with Gasteiger partial charge in [-0.2, -0.15) is 22.7 Å². The van der Waals surface area contributed by atoms with E-state index in [9.17, 15) is 8.42 Å². The zero-order chi connectivity index (χ0) is 12.2. The third kappa shape index (κ3) is 3.42. The van der Waals surface area contributed by atoms with Crippen LogP contribution in [0.5, 0.6) is 0 Å². The highest BCUT2D eigenvalue weighted by Crippen LogP contribution is 2.07. The standard InChI is InChI=1S/C9H17N3O3S/c1-8(2)9(7-10)11-16(13,14)12-3-5-15-6-4-12/h8-9,11H,3-6H2,1-2H3. The van der Waals surface area contributed by atoms with Crippen LogP contribution in [0.1, 0.15) is 13.8 Å². The van der Waals surface area contributed by atoms with E-state index in [-0.39, 0.29) is 5.92 Å². The van der Waals surface area contributed by atoms with Crippen molar-refractivity contribution in [2.75, 3.05) is 26.3 Å². The zero-order valence-corrected chi connectivity index (χ0v) is 10.3. The van der Waals surface area contributed by atoms with Crippen molar-refractivity contribution in [2.45, 2.75) is 19.9 Å². The molecular formula is C9H17N3O3S. The Kier molecular flexibility index (Phi) is 4.68. The molecule has 1 aliphatic rings. The van der Waals surface area contributed by atoms with Gasteiger partial charge in [-0.05, 0) is 5.92 Å². The molecule has 16 heavy (non-hydrogen) atoms. The smallest absolute Gasteiger partial charge is 0.280 e. The van der Waals surface area contributed by atoms with Crippen LogP contribution in [-0.4, -0.2) is 45.1 Å². The second-order valence-electron chi connectivity index (χ2n) is 3.99. The molecule has 7 heteroatoms. The summed E-state index contributed by atoms with van der Waals surface area (Å²) in [6.07, 6.45) is 0. The van der Waals surface area contributed by atoms with E-state index in [4.69, 9.17) is 10.00 Å². The van der Waals surface area contributed by atoms with Gasteiger partial charge in [0.15, 0.2) is 0 Å². The minimum absolute atomic E-state index is 0.0548. The van der Waals surface area contributed by atoms with E-state index in [1.807, 2.05) is 6.07 Å². The van der Waals surface area contributed by atoms with Crippen LogP contribution in [0.25, 0.3) is 0 Å². The second-order valence-corrected chi connectivity index (χ2v) is 5.69. The van der Waals surface area contributed by atoms with Crippen molar-refractivity contribution in [3.63, 3.8) is 0 Å². The first-order chi connectivity index (χ1) is 7.47. The number of rotatable bonds is 4. The number of ether oxygens (including phenoxy) is 1. The molecule has 1 N–H and O–H groups in total. The highest BCUT2D eigenvalue weighted by Gasteiger charge is 2.27. The summed E-state index contributed by atoms with van der Waals surface area (Å²) in [6.45, 7) is 5.09. The fraction of sp³-hybridized carbons (Fsp3) is 0.889. The van der Waals surface area contributed by atoms with E-state index < -0.39 is 16.3 Å². The summed E-state index contributed by atoms with van der Waals surface area (Å²) in [5.74, 6) is -0.0548. The van der Waals surface area contributed by atoms with Gasteiger partial charge in [-0.15, -0.1) is 0 Å². The maximum atomic E-state index is 11.9. The van der Waals surface area contributed by atoms with Crippen LogP contribution in [0, 0.1) is 17.2 Å². The molecule has 1 fully saturated rings. The average Bonchev–Trinajstić information content (AvgIpc) is 2.27. The average molecular weight is 247 g/mol. The highest BCUT2D eigenvalue weighted by atomic mass is 32.2. The minimum atomic E-state index is -3.56. The molecular weight excluding hydrogens is 230 g/mol. The summed E-state index contributed by atoms with van der Waals surface area (Å²) >= 11 is 0. The first-order valence-corrected chi connectivity index (χ1v) is 6.66. The number of hydrogen-bond donors (Lipinski definition) is 1. The number of nitriles is 1. The van der Waals surface area contributed by atoms with Gasteiger partial charge in [0.2, 0.25) is 0 Å². The van der Waals surface area contributed by atoms with Crippen molar-refractivity contribution >= 4 is 10.2 Å². The molecule has 0 aromatic heterocycles. The maximum Gasteiger partial charge on any atom is 0.280 e. The molecule has 1 saturated heterocycles. The van der Waals surface area contributed by atoms with Crippen LogP contribution in [0.4, 0.5) is 0 Å². The van der Waals surface area contributed by atoms with Gasteiger partial charge in [0, 0.05) is 13.1 Å².